The maximum Gasteiger partial charge on any atom is 0.295 e. The van der Waals surface area contributed by atoms with Crippen LogP contribution >= 0.6 is 23.2 Å². The number of anilines is 1. The molecule has 0 spiro atoms. The fourth-order valence-corrected chi connectivity index (χ4v) is 2.63. The first-order valence-corrected chi connectivity index (χ1v) is 7.23. The molecule has 8 heteroatoms. The summed E-state index contributed by atoms with van der Waals surface area (Å²) in [4.78, 5) is 18.5. The monoisotopic (exact) mass is 355 g/mol. The van der Waals surface area contributed by atoms with Crippen LogP contribution in [0.2, 0.25) is 10.0 Å². The molecule has 1 heterocycles. The van der Waals surface area contributed by atoms with Gasteiger partial charge in [-0.3, -0.25) is 4.79 Å². The number of benzene rings is 2. The van der Waals surface area contributed by atoms with E-state index >= 15 is 0 Å². The number of alkyl halides is 2. The summed E-state index contributed by atoms with van der Waals surface area (Å²) in [5.74, 6) is -0.849. The predicted octanol–water partition coefficient (Wildman–Crippen LogP) is 5.06. The quantitative estimate of drug-likeness (QED) is 0.689. The van der Waals surface area contributed by atoms with Gasteiger partial charge in [0.1, 0.15) is 0 Å². The maximum absolute atomic E-state index is 12.6. The standard InChI is InChI=1S/C15H9Cl2F2N3O/c16-8-4-9(17)6-10(5-8)20-15(23)7-1-2-11-12(3-7)22-14(21-11)13(18)19/h1-6,13H,(H,20,23)(H,21,22). The zero-order valence-corrected chi connectivity index (χ0v) is 12.9. The van der Waals surface area contributed by atoms with Crippen LogP contribution in [0.15, 0.2) is 36.4 Å². The van der Waals surface area contributed by atoms with E-state index in [4.69, 9.17) is 23.2 Å². The molecule has 4 nitrogen and oxygen atoms in total. The Hall–Kier alpha value is -2.18. The van der Waals surface area contributed by atoms with E-state index in [9.17, 15) is 13.6 Å². The number of aromatic amines is 1. The Morgan fingerprint density at radius 3 is 2.48 bits per heavy atom. The van der Waals surface area contributed by atoms with Crippen LogP contribution in [0, 0.1) is 0 Å². The molecule has 0 aliphatic rings. The highest BCUT2D eigenvalue weighted by Crippen LogP contribution is 2.24. The Bertz CT molecular complexity index is 875. The summed E-state index contributed by atoms with van der Waals surface area (Å²) in [7, 11) is 0. The molecular formula is C15H9Cl2F2N3O. The molecule has 0 radical (unpaired) electrons. The van der Waals surface area contributed by atoms with Gasteiger partial charge >= 0.3 is 0 Å². The second-order valence-electron chi connectivity index (χ2n) is 4.77. The second-order valence-corrected chi connectivity index (χ2v) is 5.64. The lowest BCUT2D eigenvalue weighted by molar-refractivity contribution is 0.102. The van der Waals surface area contributed by atoms with Gasteiger partial charge in [0, 0.05) is 21.3 Å². The highest BCUT2D eigenvalue weighted by Gasteiger charge is 2.14. The van der Waals surface area contributed by atoms with E-state index in [0.29, 0.717) is 26.8 Å². The van der Waals surface area contributed by atoms with Crippen LogP contribution in [-0.2, 0) is 0 Å². The van der Waals surface area contributed by atoms with Gasteiger partial charge in [0.25, 0.3) is 12.3 Å². The van der Waals surface area contributed by atoms with Gasteiger partial charge in [-0.2, -0.15) is 0 Å². The number of hydrogen-bond acceptors (Lipinski definition) is 2. The summed E-state index contributed by atoms with van der Waals surface area (Å²) >= 11 is 11.7. The highest BCUT2D eigenvalue weighted by atomic mass is 35.5. The van der Waals surface area contributed by atoms with E-state index in [0.717, 1.165) is 0 Å². The van der Waals surface area contributed by atoms with E-state index in [1.54, 1.807) is 18.2 Å². The molecule has 0 unspecified atom stereocenters. The van der Waals surface area contributed by atoms with Crippen molar-refractivity contribution in [1.29, 1.82) is 0 Å². The van der Waals surface area contributed by atoms with Crippen molar-refractivity contribution in [1.82, 2.24) is 9.97 Å². The molecule has 0 fully saturated rings. The van der Waals surface area contributed by atoms with Gasteiger partial charge in [-0.25, -0.2) is 13.8 Å². The van der Waals surface area contributed by atoms with Crippen molar-refractivity contribution in [2.75, 3.05) is 5.32 Å². The van der Waals surface area contributed by atoms with Gasteiger partial charge < -0.3 is 10.3 Å². The van der Waals surface area contributed by atoms with Crippen molar-refractivity contribution < 1.29 is 13.6 Å². The third kappa shape index (κ3) is 3.43. The summed E-state index contributed by atoms with van der Waals surface area (Å²) in [6, 6.07) is 9.10. The van der Waals surface area contributed by atoms with Crippen LogP contribution in [0.1, 0.15) is 22.6 Å². The molecule has 0 aliphatic carbocycles. The number of nitrogens with zero attached hydrogens (tertiary/aromatic N) is 1. The van der Waals surface area contributed by atoms with Crippen LogP contribution in [-0.4, -0.2) is 15.9 Å². The molecular weight excluding hydrogens is 347 g/mol. The Morgan fingerprint density at radius 2 is 1.83 bits per heavy atom. The fraction of sp³-hybridized carbons (Fsp3) is 0.0667. The van der Waals surface area contributed by atoms with Crippen molar-refractivity contribution in [2.45, 2.75) is 6.43 Å². The molecule has 23 heavy (non-hydrogen) atoms. The van der Waals surface area contributed by atoms with Crippen molar-refractivity contribution in [3.8, 4) is 0 Å². The largest absolute Gasteiger partial charge is 0.337 e. The number of imidazole rings is 1. The topological polar surface area (TPSA) is 57.8 Å². The molecule has 3 aromatic rings. The van der Waals surface area contributed by atoms with Gasteiger partial charge in [-0.15, -0.1) is 0 Å². The van der Waals surface area contributed by atoms with E-state index in [1.165, 1.54) is 18.2 Å². The van der Waals surface area contributed by atoms with Crippen LogP contribution in [0.3, 0.4) is 0 Å². The minimum absolute atomic E-state index is 0.290. The lowest BCUT2D eigenvalue weighted by atomic mass is 10.2. The first kappa shape index (κ1) is 15.7. The van der Waals surface area contributed by atoms with Gasteiger partial charge in [0.05, 0.1) is 11.0 Å². The first-order chi connectivity index (χ1) is 10.9. The number of rotatable bonds is 3. The second kappa shape index (κ2) is 6.14. The zero-order valence-electron chi connectivity index (χ0n) is 11.4. The number of aromatic nitrogens is 2. The third-order valence-electron chi connectivity index (χ3n) is 3.09. The summed E-state index contributed by atoms with van der Waals surface area (Å²) in [5.41, 5.74) is 1.45. The van der Waals surface area contributed by atoms with E-state index < -0.39 is 18.2 Å². The molecule has 3 rings (SSSR count). The van der Waals surface area contributed by atoms with Gasteiger partial charge in [0.2, 0.25) is 0 Å². The van der Waals surface area contributed by atoms with Crippen molar-refractivity contribution in [2.24, 2.45) is 0 Å². The predicted molar refractivity (Wildman–Crippen MR) is 85.5 cm³/mol. The number of carbonyl (C=O) groups is 1. The average molecular weight is 356 g/mol. The zero-order chi connectivity index (χ0) is 16.6. The Morgan fingerprint density at radius 1 is 1.13 bits per heavy atom. The van der Waals surface area contributed by atoms with Crippen molar-refractivity contribution in [3.05, 3.63) is 57.8 Å². The molecule has 0 aliphatic heterocycles. The number of carbonyl (C=O) groups excluding carboxylic acids is 1. The van der Waals surface area contributed by atoms with Gasteiger partial charge in [0.15, 0.2) is 5.82 Å². The first-order valence-electron chi connectivity index (χ1n) is 6.47. The molecule has 1 aromatic heterocycles. The summed E-state index contributed by atoms with van der Waals surface area (Å²) in [6.07, 6.45) is -2.70. The summed E-state index contributed by atoms with van der Waals surface area (Å²) < 4.78 is 25.3. The number of fused-ring (bicyclic) bond motifs is 1. The van der Waals surface area contributed by atoms with Gasteiger partial charge in [-0.1, -0.05) is 23.2 Å². The molecule has 118 valence electrons. The molecule has 2 aromatic carbocycles. The SMILES string of the molecule is O=C(Nc1cc(Cl)cc(Cl)c1)c1ccc2nc(C(F)F)[nH]c2c1. The molecule has 0 bridgehead atoms. The Kier molecular flexibility index (Phi) is 4.19. The van der Waals surface area contributed by atoms with Gasteiger partial charge in [-0.05, 0) is 36.4 Å². The number of nitrogens with one attached hydrogen (secondary N) is 2. The van der Waals surface area contributed by atoms with Crippen LogP contribution in [0.4, 0.5) is 14.5 Å². The smallest absolute Gasteiger partial charge is 0.295 e. The minimum atomic E-state index is -2.70. The lowest BCUT2D eigenvalue weighted by Crippen LogP contribution is -2.11. The van der Waals surface area contributed by atoms with E-state index in [1.807, 2.05) is 0 Å². The number of hydrogen-bond donors (Lipinski definition) is 2. The van der Waals surface area contributed by atoms with E-state index in [2.05, 4.69) is 15.3 Å². The molecule has 0 saturated carbocycles. The summed E-state index contributed by atoms with van der Waals surface area (Å²) in [5, 5.41) is 3.42. The number of amides is 1. The van der Waals surface area contributed by atoms with Crippen molar-refractivity contribution in [3.63, 3.8) is 0 Å². The van der Waals surface area contributed by atoms with Crippen molar-refractivity contribution >= 4 is 45.8 Å². The van der Waals surface area contributed by atoms with Crippen LogP contribution < -0.4 is 5.32 Å². The normalized spacial score (nSPS) is 11.2. The minimum Gasteiger partial charge on any atom is -0.337 e. The van der Waals surface area contributed by atoms with E-state index in [-0.39, 0.29) is 5.56 Å². The highest BCUT2D eigenvalue weighted by molar-refractivity contribution is 6.35. The molecule has 0 atom stereocenters. The van der Waals surface area contributed by atoms with Crippen LogP contribution in [0.25, 0.3) is 11.0 Å². The molecule has 0 saturated heterocycles. The van der Waals surface area contributed by atoms with Crippen LogP contribution in [0.5, 0.6) is 0 Å². The molecule has 2 N–H and O–H groups in total. The average Bonchev–Trinajstić information content (AvgIpc) is 2.89. The number of H-pyrrole nitrogens is 1. The third-order valence-corrected chi connectivity index (χ3v) is 3.53. The lowest BCUT2D eigenvalue weighted by Gasteiger charge is -2.06. The Balaban J connectivity index is 1.88. The molecule has 1 amide bonds. The number of halogens is 4. The maximum atomic E-state index is 12.6. The Labute approximate surface area is 139 Å². The fourth-order valence-electron chi connectivity index (χ4n) is 2.10. The summed E-state index contributed by atoms with van der Waals surface area (Å²) in [6.45, 7) is 0.